The van der Waals surface area contributed by atoms with E-state index >= 15 is 0 Å². The second-order valence-electron chi connectivity index (χ2n) is 18.9. The van der Waals surface area contributed by atoms with Crippen LogP contribution in [0.4, 0.5) is 0 Å². The Morgan fingerprint density at radius 2 is 1.48 bits per heavy atom. The van der Waals surface area contributed by atoms with Crippen molar-refractivity contribution in [3.63, 3.8) is 0 Å². The van der Waals surface area contributed by atoms with Gasteiger partial charge in [-0.05, 0) is 94.0 Å². The molecule has 18 nitrogen and oxygen atoms in total. The molecule has 0 bridgehead atoms. The minimum absolute atomic E-state index is 0.0120. The quantitative estimate of drug-likeness (QED) is 0.0701. The van der Waals surface area contributed by atoms with E-state index in [0.717, 1.165) is 37.7 Å². The number of carbonyl (C=O) groups excluding carboxylic acids is 2. The lowest BCUT2D eigenvalue weighted by molar-refractivity contribution is -0.373. The predicted molar refractivity (Wildman–Crippen MR) is 202 cm³/mol. The molecule has 8 N–H and O–H groups in total. The van der Waals surface area contributed by atoms with E-state index in [2.05, 4.69) is 6.92 Å². The smallest absolute Gasteiger partial charge is 0.331 e. The monoisotopic (exact) mass is 856 g/mol. The van der Waals surface area contributed by atoms with Gasteiger partial charge in [0, 0.05) is 30.4 Å². The molecule has 4 aliphatic heterocycles. The van der Waals surface area contributed by atoms with Gasteiger partial charge in [0.2, 0.25) is 0 Å². The highest BCUT2D eigenvalue weighted by atomic mass is 16.8. The van der Waals surface area contributed by atoms with Crippen LogP contribution in [-0.2, 0) is 47.5 Å². The van der Waals surface area contributed by atoms with Crippen LogP contribution in [0, 0.1) is 34.5 Å². The van der Waals surface area contributed by atoms with Gasteiger partial charge < -0.3 is 83.5 Å². The molecule has 18 heteroatoms. The summed E-state index contributed by atoms with van der Waals surface area (Å²) >= 11 is 0. The van der Waals surface area contributed by atoms with Crippen molar-refractivity contribution in [3.05, 3.63) is 11.6 Å². The average molecular weight is 857 g/mol. The summed E-state index contributed by atoms with van der Waals surface area (Å²) in [7, 11) is 1.51. The highest BCUT2D eigenvalue weighted by Crippen LogP contribution is 2.69. The molecule has 0 aromatic heterocycles. The van der Waals surface area contributed by atoms with E-state index in [4.69, 9.17) is 37.9 Å². The van der Waals surface area contributed by atoms with Gasteiger partial charge in [0.25, 0.3) is 0 Å². The normalized spacial score (nSPS) is 53.1. The van der Waals surface area contributed by atoms with Crippen molar-refractivity contribution in [2.45, 2.75) is 176 Å². The number of carbonyl (C=O) groups is 2. The van der Waals surface area contributed by atoms with Gasteiger partial charge in [-0.25, -0.2) is 4.79 Å². The lowest BCUT2D eigenvalue weighted by atomic mass is 9.43. The zero-order valence-corrected chi connectivity index (χ0v) is 34.5. The van der Waals surface area contributed by atoms with E-state index in [-0.39, 0.29) is 48.8 Å². The molecule has 0 radical (unpaired) electrons. The third-order valence-corrected chi connectivity index (χ3v) is 16.2. The summed E-state index contributed by atoms with van der Waals surface area (Å²) < 4.78 is 47.1. The molecule has 4 saturated carbocycles. The number of fused-ring (bicyclic) bond motifs is 5. The van der Waals surface area contributed by atoms with Gasteiger partial charge in [0.05, 0.1) is 37.1 Å². The Morgan fingerprint density at radius 1 is 0.783 bits per heavy atom. The Balaban J connectivity index is 0.874. The number of ether oxygens (including phenoxy) is 8. The number of hydrogen-bond donors (Lipinski definition) is 8. The zero-order valence-electron chi connectivity index (χ0n) is 34.5. The van der Waals surface area contributed by atoms with Crippen molar-refractivity contribution in [1.82, 2.24) is 0 Å². The van der Waals surface area contributed by atoms with Crippen LogP contribution in [0.15, 0.2) is 11.6 Å². The number of aldehydes is 1. The topological polar surface area (TPSA) is 270 Å². The van der Waals surface area contributed by atoms with Crippen molar-refractivity contribution in [1.29, 1.82) is 0 Å². The molecular formula is C42H64O18. The van der Waals surface area contributed by atoms with E-state index in [1.807, 2.05) is 0 Å². The highest BCUT2D eigenvalue weighted by Gasteiger charge is 2.69. The molecule has 0 spiro atoms. The SMILES string of the molecule is CO[C@@H]1C[C@H](O[C@H]2CC[C@@]3(C=O)[C@H](CC[C@@H]4[C@H]3CC[C@]3(C)[C@@H](C5=CC(=O)OC5)CC[C@]43O)C2)O[C@H](C)[C@@H]1O[C@@H]1O[C@H](CO)[C@@H](O[C@@H]2O[C@H](CO)[C@@H](O)[C@H](O)[C@H]2O)[C@H](O)[C@H]1O. The fraction of sp³-hybridized carbons (Fsp3) is 0.905. The number of methoxy groups -OCH3 is 1. The number of esters is 1. The molecule has 60 heavy (non-hydrogen) atoms. The van der Waals surface area contributed by atoms with E-state index in [0.29, 0.717) is 25.7 Å². The summed E-state index contributed by atoms with van der Waals surface area (Å²) in [5.74, 6) is -0.110. The number of aliphatic hydroxyl groups is 8. The van der Waals surface area contributed by atoms with E-state index in [9.17, 15) is 50.4 Å². The van der Waals surface area contributed by atoms with Gasteiger partial charge in [0.1, 0.15) is 67.8 Å². The number of cyclic esters (lactones) is 1. The number of hydrogen-bond acceptors (Lipinski definition) is 18. The largest absolute Gasteiger partial charge is 0.458 e. The maximum Gasteiger partial charge on any atom is 0.331 e. The predicted octanol–water partition coefficient (Wildman–Crippen LogP) is -1.03. The molecule has 4 heterocycles. The fourth-order valence-electron chi connectivity index (χ4n) is 13.0. The molecule has 0 aromatic carbocycles. The molecular weight excluding hydrogens is 792 g/mol. The Labute approximate surface area is 349 Å². The van der Waals surface area contributed by atoms with E-state index < -0.39 is 116 Å². The molecule has 0 unspecified atom stereocenters. The van der Waals surface area contributed by atoms with Crippen LogP contribution in [0.2, 0.25) is 0 Å². The lowest BCUT2D eigenvalue weighted by Crippen LogP contribution is -2.65. The van der Waals surface area contributed by atoms with Crippen molar-refractivity contribution in [2.75, 3.05) is 26.9 Å². The van der Waals surface area contributed by atoms with Crippen molar-refractivity contribution >= 4 is 12.3 Å². The van der Waals surface area contributed by atoms with E-state index in [1.165, 1.54) is 13.4 Å². The Kier molecular flexibility index (Phi) is 13.0. The van der Waals surface area contributed by atoms with Crippen LogP contribution in [-0.4, -0.2) is 178 Å². The Bertz CT molecular complexity index is 1580. The van der Waals surface area contributed by atoms with Crippen LogP contribution < -0.4 is 0 Å². The second-order valence-corrected chi connectivity index (χ2v) is 18.9. The van der Waals surface area contributed by atoms with Gasteiger partial charge in [0.15, 0.2) is 18.9 Å². The molecule has 7 fully saturated rings. The third-order valence-electron chi connectivity index (χ3n) is 16.2. The van der Waals surface area contributed by atoms with Crippen LogP contribution in [0.1, 0.15) is 78.1 Å². The first-order valence-electron chi connectivity index (χ1n) is 21.8. The summed E-state index contributed by atoms with van der Waals surface area (Å²) in [5, 5.41) is 85.3. The molecule has 22 atom stereocenters. The van der Waals surface area contributed by atoms with E-state index in [1.54, 1.807) is 13.0 Å². The minimum Gasteiger partial charge on any atom is -0.458 e. The summed E-state index contributed by atoms with van der Waals surface area (Å²) in [4.78, 5) is 25.2. The molecule has 3 saturated heterocycles. The van der Waals surface area contributed by atoms with Gasteiger partial charge in [-0.15, -0.1) is 0 Å². The van der Waals surface area contributed by atoms with Crippen LogP contribution in [0.5, 0.6) is 0 Å². The maximum absolute atomic E-state index is 13.3. The molecule has 0 amide bonds. The third kappa shape index (κ3) is 7.42. The van der Waals surface area contributed by atoms with Gasteiger partial charge in [-0.2, -0.15) is 0 Å². The summed E-state index contributed by atoms with van der Waals surface area (Å²) in [6.45, 7) is 2.80. The molecule has 340 valence electrons. The minimum atomic E-state index is -1.79. The van der Waals surface area contributed by atoms with Crippen LogP contribution in [0.25, 0.3) is 0 Å². The van der Waals surface area contributed by atoms with Gasteiger partial charge in [-0.1, -0.05) is 6.92 Å². The lowest BCUT2D eigenvalue weighted by Gasteiger charge is -2.63. The number of rotatable bonds is 11. The summed E-state index contributed by atoms with van der Waals surface area (Å²) in [6.07, 6.45) is -9.10. The molecule has 8 rings (SSSR count). The zero-order chi connectivity index (χ0) is 42.9. The van der Waals surface area contributed by atoms with Gasteiger partial charge in [-0.3, -0.25) is 0 Å². The highest BCUT2D eigenvalue weighted by molar-refractivity contribution is 5.85. The van der Waals surface area contributed by atoms with Crippen molar-refractivity contribution in [2.24, 2.45) is 34.5 Å². The van der Waals surface area contributed by atoms with Crippen LogP contribution in [0.3, 0.4) is 0 Å². The first kappa shape index (κ1) is 44.9. The van der Waals surface area contributed by atoms with Crippen molar-refractivity contribution < 1.29 is 88.3 Å². The molecule has 4 aliphatic carbocycles. The standard InChI is InChI=1S/C42H64O18/c1-19-36(59-39-35(51)33(49)37(28(16-44)58-39)60-38-34(50)32(48)31(47)27(15-43)57-38)26(53-3)14-30(55-19)56-22-6-10-41(18-45)21(13-22)4-5-25-24(41)7-9-40(2)23(8-11-42(25,40)52)20-12-29(46)54-17-20/h12,18-19,21-28,30-39,43-44,47-52H,4-11,13-17H2,1-3H3/t19-,21-,22+,23-,24-,25-,26-,27-,28-,30+,31-,32+,33-,34-,35-,36+,37-,38+,39+,40-,41-,42+/m1/s1. The van der Waals surface area contributed by atoms with Crippen LogP contribution >= 0.6 is 0 Å². The number of aliphatic hydroxyl groups excluding tert-OH is 7. The molecule has 8 aliphatic rings. The summed E-state index contributed by atoms with van der Waals surface area (Å²) in [6, 6.07) is 0. The van der Waals surface area contributed by atoms with Gasteiger partial charge >= 0.3 is 5.97 Å². The maximum atomic E-state index is 13.3. The second kappa shape index (κ2) is 17.3. The fourth-order valence-corrected chi connectivity index (χ4v) is 13.0. The molecule has 0 aromatic rings. The first-order chi connectivity index (χ1) is 28.6. The average Bonchev–Trinajstić information content (AvgIpc) is 3.79. The summed E-state index contributed by atoms with van der Waals surface area (Å²) in [5.41, 5.74) is -0.906. The Hall–Kier alpha value is -1.72. The Morgan fingerprint density at radius 3 is 2.15 bits per heavy atom. The van der Waals surface area contributed by atoms with Crippen molar-refractivity contribution in [3.8, 4) is 0 Å². The first-order valence-corrected chi connectivity index (χ1v) is 21.8.